The normalized spacial score (nSPS) is 15.8. The van der Waals surface area contributed by atoms with Crippen molar-refractivity contribution in [2.24, 2.45) is 0 Å². The molecule has 1 aromatic heterocycles. The van der Waals surface area contributed by atoms with Crippen molar-refractivity contribution in [2.45, 2.75) is 44.9 Å². The smallest absolute Gasteiger partial charge is 0.411 e. The van der Waals surface area contributed by atoms with Crippen molar-refractivity contribution < 1.29 is 33.3 Å². The van der Waals surface area contributed by atoms with Crippen molar-refractivity contribution in [3.8, 4) is 28.7 Å². The van der Waals surface area contributed by atoms with Gasteiger partial charge in [0.2, 0.25) is 5.89 Å². The Kier molecular flexibility index (Phi) is 9.29. The summed E-state index contributed by atoms with van der Waals surface area (Å²) in [5, 5.41) is 9.86. The second kappa shape index (κ2) is 14.0. The van der Waals surface area contributed by atoms with Gasteiger partial charge in [-0.05, 0) is 79.4 Å². The molecule has 0 radical (unpaired) electrons. The standard InChI is InChI=1S/C37H34N2O7/c1-25-32(38-35(45-25)28-8-4-2-5-9-28)22-23-43-29-18-14-27(15-19-29)33-20-21-34(36(40)41)39(33)37(42)44-24-26-12-16-31(17-13-26)46-30-10-6-3-7-11-30/h2-19,33-34H,20-24H2,1H3,(H,40,41)/t33-,34-/m1/s1. The van der Waals surface area contributed by atoms with Crippen LogP contribution in [0.3, 0.4) is 0 Å². The first-order valence-corrected chi connectivity index (χ1v) is 15.2. The maximum absolute atomic E-state index is 13.3. The fraction of sp³-hybridized carbons (Fsp3) is 0.216. The monoisotopic (exact) mass is 618 g/mol. The molecular weight excluding hydrogens is 584 g/mol. The number of hydrogen-bond acceptors (Lipinski definition) is 7. The minimum absolute atomic E-state index is 0.00459. The van der Waals surface area contributed by atoms with E-state index >= 15 is 0 Å². The lowest BCUT2D eigenvalue weighted by atomic mass is 10.0. The van der Waals surface area contributed by atoms with Crippen LogP contribution >= 0.6 is 0 Å². The van der Waals surface area contributed by atoms with Crippen molar-refractivity contribution in [3.05, 3.63) is 132 Å². The molecule has 1 fully saturated rings. The molecule has 2 heterocycles. The van der Waals surface area contributed by atoms with Crippen molar-refractivity contribution in [1.82, 2.24) is 9.88 Å². The molecule has 46 heavy (non-hydrogen) atoms. The van der Waals surface area contributed by atoms with E-state index < -0.39 is 24.1 Å². The molecule has 1 amide bonds. The predicted molar refractivity (Wildman–Crippen MR) is 171 cm³/mol. The average molecular weight is 619 g/mol. The summed E-state index contributed by atoms with van der Waals surface area (Å²) >= 11 is 0. The van der Waals surface area contributed by atoms with E-state index in [2.05, 4.69) is 4.98 Å². The van der Waals surface area contributed by atoms with Gasteiger partial charge in [0.1, 0.15) is 35.7 Å². The number of oxazole rings is 1. The Labute approximate surface area is 267 Å². The highest BCUT2D eigenvalue weighted by Gasteiger charge is 2.42. The Hall–Kier alpha value is -5.57. The highest BCUT2D eigenvalue weighted by molar-refractivity contribution is 5.81. The number of carboxylic acid groups (broad SMARTS) is 1. The van der Waals surface area contributed by atoms with Crippen LogP contribution in [0.15, 0.2) is 114 Å². The maximum Gasteiger partial charge on any atom is 0.411 e. The van der Waals surface area contributed by atoms with Gasteiger partial charge in [0.25, 0.3) is 0 Å². The third-order valence-electron chi connectivity index (χ3n) is 7.93. The van der Waals surface area contributed by atoms with Gasteiger partial charge in [-0.15, -0.1) is 0 Å². The number of carboxylic acids is 1. The number of ether oxygens (including phenoxy) is 3. The van der Waals surface area contributed by atoms with Gasteiger partial charge < -0.3 is 23.7 Å². The van der Waals surface area contributed by atoms with Crippen LogP contribution in [0.25, 0.3) is 11.5 Å². The van der Waals surface area contributed by atoms with Gasteiger partial charge >= 0.3 is 12.1 Å². The predicted octanol–water partition coefficient (Wildman–Crippen LogP) is 7.99. The van der Waals surface area contributed by atoms with Crippen LogP contribution in [-0.4, -0.2) is 39.7 Å². The van der Waals surface area contributed by atoms with Crippen LogP contribution in [0.5, 0.6) is 17.2 Å². The first kappa shape index (κ1) is 30.5. The Balaban J connectivity index is 1.04. The molecule has 1 aliphatic rings. The molecular formula is C37H34N2O7. The van der Waals surface area contributed by atoms with E-state index in [1.54, 1.807) is 12.1 Å². The Morgan fingerprint density at radius 1 is 0.848 bits per heavy atom. The van der Waals surface area contributed by atoms with Gasteiger partial charge in [0, 0.05) is 12.0 Å². The molecule has 1 aliphatic heterocycles. The van der Waals surface area contributed by atoms with Gasteiger partial charge in [-0.2, -0.15) is 0 Å². The second-order valence-corrected chi connectivity index (χ2v) is 11.0. The van der Waals surface area contributed by atoms with E-state index in [4.69, 9.17) is 18.6 Å². The fourth-order valence-electron chi connectivity index (χ4n) is 5.55. The van der Waals surface area contributed by atoms with Crippen molar-refractivity contribution in [1.29, 1.82) is 0 Å². The molecule has 6 rings (SSSR count). The lowest BCUT2D eigenvalue weighted by Crippen LogP contribution is -2.42. The number of carbonyl (C=O) groups is 2. The Morgan fingerprint density at radius 2 is 1.50 bits per heavy atom. The summed E-state index contributed by atoms with van der Waals surface area (Å²) < 4.78 is 23.2. The topological polar surface area (TPSA) is 111 Å². The first-order valence-electron chi connectivity index (χ1n) is 15.2. The Bertz CT molecular complexity index is 1750. The highest BCUT2D eigenvalue weighted by Crippen LogP contribution is 2.37. The number of amides is 1. The van der Waals surface area contributed by atoms with Gasteiger partial charge in [-0.3, -0.25) is 4.90 Å². The zero-order valence-electron chi connectivity index (χ0n) is 25.4. The van der Waals surface area contributed by atoms with Gasteiger partial charge in [-0.25, -0.2) is 14.6 Å². The number of benzene rings is 4. The summed E-state index contributed by atoms with van der Waals surface area (Å²) in [5.74, 6) is 2.33. The van der Waals surface area contributed by atoms with E-state index in [0.717, 1.165) is 33.9 Å². The number of aromatic nitrogens is 1. The second-order valence-electron chi connectivity index (χ2n) is 11.0. The molecule has 0 unspecified atom stereocenters. The molecule has 234 valence electrons. The average Bonchev–Trinajstić information content (AvgIpc) is 3.70. The van der Waals surface area contributed by atoms with Crippen LogP contribution in [0.4, 0.5) is 4.79 Å². The number of rotatable bonds is 11. The summed E-state index contributed by atoms with van der Waals surface area (Å²) in [6, 6.07) is 32.4. The molecule has 1 saturated heterocycles. The number of likely N-dealkylation sites (tertiary alicyclic amines) is 1. The quantitative estimate of drug-likeness (QED) is 0.159. The first-order chi connectivity index (χ1) is 22.4. The van der Waals surface area contributed by atoms with Crippen LogP contribution in [0.2, 0.25) is 0 Å². The fourth-order valence-corrected chi connectivity index (χ4v) is 5.55. The molecule has 4 aromatic carbocycles. The van der Waals surface area contributed by atoms with Crippen molar-refractivity contribution in [3.63, 3.8) is 0 Å². The van der Waals surface area contributed by atoms with E-state index in [-0.39, 0.29) is 6.61 Å². The summed E-state index contributed by atoms with van der Waals surface area (Å²) in [7, 11) is 0. The molecule has 2 atom stereocenters. The van der Waals surface area contributed by atoms with Crippen LogP contribution in [0.1, 0.15) is 41.5 Å². The zero-order chi connectivity index (χ0) is 31.9. The van der Waals surface area contributed by atoms with E-state index in [0.29, 0.717) is 43.3 Å². The number of aryl methyl sites for hydroxylation is 1. The minimum atomic E-state index is -1.06. The number of hydrogen-bond donors (Lipinski definition) is 1. The van der Waals surface area contributed by atoms with E-state index in [1.807, 2.05) is 104 Å². The molecule has 5 aromatic rings. The zero-order valence-corrected chi connectivity index (χ0v) is 25.4. The molecule has 9 nitrogen and oxygen atoms in total. The lowest BCUT2D eigenvalue weighted by molar-refractivity contribution is -0.142. The summed E-state index contributed by atoms with van der Waals surface area (Å²) in [4.78, 5) is 31.3. The van der Waals surface area contributed by atoms with Crippen LogP contribution in [-0.2, 0) is 22.6 Å². The molecule has 9 heteroatoms. The lowest BCUT2D eigenvalue weighted by Gasteiger charge is -2.28. The summed E-state index contributed by atoms with van der Waals surface area (Å²) in [6.07, 6.45) is 0.751. The van der Waals surface area contributed by atoms with Gasteiger partial charge in [0.05, 0.1) is 18.3 Å². The molecule has 0 spiro atoms. The number of para-hydroxylation sites is 1. The summed E-state index contributed by atoms with van der Waals surface area (Å²) in [6.45, 7) is 2.30. The van der Waals surface area contributed by atoms with E-state index in [1.165, 1.54) is 4.90 Å². The van der Waals surface area contributed by atoms with Crippen LogP contribution < -0.4 is 9.47 Å². The Morgan fingerprint density at radius 3 is 2.20 bits per heavy atom. The molecule has 0 saturated carbocycles. The van der Waals surface area contributed by atoms with E-state index in [9.17, 15) is 14.7 Å². The maximum atomic E-state index is 13.3. The van der Waals surface area contributed by atoms with Gasteiger partial charge in [0.15, 0.2) is 0 Å². The van der Waals surface area contributed by atoms with Crippen molar-refractivity contribution >= 4 is 12.1 Å². The molecule has 0 bridgehead atoms. The highest BCUT2D eigenvalue weighted by atomic mass is 16.6. The number of nitrogens with zero attached hydrogens (tertiary/aromatic N) is 2. The third-order valence-corrected chi connectivity index (χ3v) is 7.93. The summed E-state index contributed by atoms with van der Waals surface area (Å²) in [5.41, 5.74) is 3.34. The van der Waals surface area contributed by atoms with Crippen molar-refractivity contribution in [2.75, 3.05) is 6.61 Å². The number of carbonyl (C=O) groups excluding carboxylic acids is 1. The molecule has 1 N–H and O–H groups in total. The van der Waals surface area contributed by atoms with Crippen LogP contribution in [0, 0.1) is 6.92 Å². The largest absolute Gasteiger partial charge is 0.493 e. The third kappa shape index (κ3) is 7.21. The number of aliphatic carboxylic acids is 1. The SMILES string of the molecule is Cc1oc(-c2ccccc2)nc1CCOc1ccc([C@H]2CC[C@H](C(=O)O)N2C(=O)OCc2ccc(Oc3ccccc3)cc2)cc1. The van der Waals surface area contributed by atoms with Gasteiger partial charge in [-0.1, -0.05) is 60.7 Å². The minimum Gasteiger partial charge on any atom is -0.493 e. The molecule has 0 aliphatic carbocycles.